The maximum absolute atomic E-state index is 11.9. The summed E-state index contributed by atoms with van der Waals surface area (Å²) >= 11 is 0. The van der Waals surface area contributed by atoms with Gasteiger partial charge in [0.1, 0.15) is 0 Å². The predicted molar refractivity (Wildman–Crippen MR) is 96.8 cm³/mol. The first kappa shape index (κ1) is 19.3. The van der Waals surface area contributed by atoms with Crippen LogP contribution in [0.15, 0.2) is 0 Å². The van der Waals surface area contributed by atoms with Gasteiger partial charge in [-0.3, -0.25) is 4.79 Å². The first-order valence-electron chi connectivity index (χ1n) is 10.1. The van der Waals surface area contributed by atoms with Gasteiger partial charge in [-0.15, -0.1) is 0 Å². The topological polar surface area (TPSA) is 87.0 Å². The number of carbonyl (C=O) groups is 1. The highest BCUT2D eigenvalue weighted by molar-refractivity contribution is 6.63. The van der Waals surface area contributed by atoms with Crippen molar-refractivity contribution in [2.24, 2.45) is 35.5 Å². The maximum atomic E-state index is 11.9. The summed E-state index contributed by atoms with van der Waals surface area (Å²) in [4.78, 5) is 30.7. The number of carbonyl (C=O) groups excluding carboxylic acids is 1. The van der Waals surface area contributed by atoms with Crippen molar-refractivity contribution in [3.8, 4) is 0 Å². The van der Waals surface area contributed by atoms with E-state index in [1.54, 1.807) is 0 Å². The second kappa shape index (κ2) is 8.07. The average molecular weight is 371 g/mol. The second-order valence-electron chi connectivity index (χ2n) is 8.95. The van der Waals surface area contributed by atoms with Crippen molar-refractivity contribution in [2.45, 2.75) is 64.0 Å². The molecule has 3 N–H and O–H groups in total. The molecule has 2 bridgehead atoms. The normalized spacial score (nSPS) is 37.1. The van der Waals surface area contributed by atoms with Crippen LogP contribution in [-0.2, 0) is 9.53 Å². The molecule has 4 aliphatic rings. The Labute approximate surface area is 152 Å². The van der Waals surface area contributed by atoms with Crippen molar-refractivity contribution in [2.75, 3.05) is 13.2 Å². The van der Waals surface area contributed by atoms with Crippen LogP contribution in [0.2, 0.25) is 12.6 Å². The number of unbranched alkanes of at least 4 members (excludes halogenated alkanes) is 1. The molecule has 0 aliphatic heterocycles. The fourth-order valence-corrected chi connectivity index (χ4v) is 6.80. The zero-order valence-electron chi connectivity index (χ0n) is 15.4. The Morgan fingerprint density at radius 3 is 2.56 bits per heavy atom. The lowest BCUT2D eigenvalue weighted by Crippen LogP contribution is -2.43. The largest absolute Gasteiger partial charge is 0.465 e. The lowest BCUT2D eigenvalue weighted by Gasteiger charge is -2.50. The van der Waals surface area contributed by atoms with E-state index in [4.69, 9.17) is 4.74 Å². The summed E-state index contributed by atoms with van der Waals surface area (Å²) in [5, 5.41) is 9.63. The van der Waals surface area contributed by atoms with Gasteiger partial charge < -0.3 is 19.4 Å². The summed E-state index contributed by atoms with van der Waals surface area (Å²) in [6.45, 7) is 2.38. The van der Waals surface area contributed by atoms with Gasteiger partial charge in [-0.2, -0.15) is 0 Å². The predicted octanol–water partition coefficient (Wildman–Crippen LogP) is 2.44. The number of hydrogen-bond acceptors (Lipinski definition) is 5. The summed E-state index contributed by atoms with van der Waals surface area (Å²) in [5.74, 6) is 3.86. The molecule has 4 saturated carbocycles. The van der Waals surface area contributed by atoms with Gasteiger partial charge in [-0.25, -0.2) is 0 Å². The molecule has 144 valence electrons. The van der Waals surface area contributed by atoms with Crippen LogP contribution in [0.4, 0.5) is 0 Å². The van der Waals surface area contributed by atoms with Crippen molar-refractivity contribution in [3.05, 3.63) is 0 Å². The Hall–Kier alpha value is -0.433. The minimum absolute atomic E-state index is 0.148. The molecule has 6 atom stereocenters. The summed E-state index contributed by atoms with van der Waals surface area (Å²) in [5.41, 5.74) is 0. The number of rotatable bonds is 8. The van der Waals surface area contributed by atoms with Crippen LogP contribution in [0.5, 0.6) is 0 Å². The Morgan fingerprint density at radius 2 is 1.84 bits per heavy atom. The van der Waals surface area contributed by atoms with Gasteiger partial charge in [0.15, 0.2) is 0 Å². The third kappa shape index (κ3) is 4.84. The molecule has 4 aliphatic carbocycles. The van der Waals surface area contributed by atoms with Gasteiger partial charge in [0.2, 0.25) is 0 Å². The van der Waals surface area contributed by atoms with Crippen molar-refractivity contribution in [1.82, 2.24) is 0 Å². The SMILES string of the molecule is C[Si](O)(O)CCCCC(=O)OCC1CC2C3CCC(C(CO)C3)C2C1. The van der Waals surface area contributed by atoms with Gasteiger partial charge >= 0.3 is 14.5 Å². The molecule has 25 heavy (non-hydrogen) atoms. The second-order valence-corrected chi connectivity index (χ2v) is 11.9. The van der Waals surface area contributed by atoms with Gasteiger partial charge in [-0.05, 0) is 86.6 Å². The third-order valence-corrected chi connectivity index (χ3v) is 8.29. The highest BCUT2D eigenvalue weighted by Crippen LogP contribution is 2.58. The first-order valence-corrected chi connectivity index (χ1v) is 12.7. The maximum Gasteiger partial charge on any atom is 0.329 e. The lowest BCUT2D eigenvalue weighted by atomic mass is 9.56. The van der Waals surface area contributed by atoms with Gasteiger partial charge in [0.25, 0.3) is 0 Å². The fraction of sp³-hybridized carbons (Fsp3) is 0.947. The summed E-state index contributed by atoms with van der Waals surface area (Å²) in [6.07, 6.45) is 7.87. The van der Waals surface area contributed by atoms with Crippen molar-refractivity contribution in [1.29, 1.82) is 0 Å². The van der Waals surface area contributed by atoms with E-state index >= 15 is 0 Å². The molecule has 0 saturated heterocycles. The van der Waals surface area contributed by atoms with Gasteiger partial charge in [-0.1, -0.05) is 6.42 Å². The number of esters is 1. The molecule has 0 radical (unpaired) electrons. The quantitative estimate of drug-likeness (QED) is 0.347. The molecule has 0 amide bonds. The van der Waals surface area contributed by atoms with Crippen molar-refractivity contribution in [3.63, 3.8) is 0 Å². The molecular formula is C19H34O5Si. The lowest BCUT2D eigenvalue weighted by molar-refractivity contribution is -0.145. The molecule has 4 fully saturated rings. The van der Waals surface area contributed by atoms with E-state index in [9.17, 15) is 19.5 Å². The van der Waals surface area contributed by atoms with E-state index in [1.807, 2.05) is 0 Å². The molecule has 0 aromatic heterocycles. The zero-order valence-corrected chi connectivity index (χ0v) is 16.4. The molecule has 0 aromatic rings. The van der Waals surface area contributed by atoms with Gasteiger partial charge in [0, 0.05) is 13.0 Å². The van der Waals surface area contributed by atoms with E-state index in [2.05, 4.69) is 0 Å². The van der Waals surface area contributed by atoms with Crippen LogP contribution in [0, 0.1) is 35.5 Å². The monoisotopic (exact) mass is 370 g/mol. The van der Waals surface area contributed by atoms with E-state index in [0.717, 1.165) is 24.2 Å². The number of hydrogen-bond donors (Lipinski definition) is 3. The smallest absolute Gasteiger partial charge is 0.329 e. The molecule has 0 spiro atoms. The van der Waals surface area contributed by atoms with E-state index in [1.165, 1.54) is 32.2 Å². The first-order chi connectivity index (χ1) is 11.9. The number of aliphatic hydroxyl groups is 1. The summed E-state index contributed by atoms with van der Waals surface area (Å²) in [6, 6.07) is 0.418. The molecule has 0 aromatic carbocycles. The van der Waals surface area contributed by atoms with Crippen LogP contribution in [-0.4, -0.2) is 42.4 Å². The minimum Gasteiger partial charge on any atom is -0.465 e. The van der Waals surface area contributed by atoms with Crippen LogP contribution < -0.4 is 0 Å². The van der Waals surface area contributed by atoms with Gasteiger partial charge in [0.05, 0.1) is 6.61 Å². The molecule has 6 heteroatoms. The Bertz CT molecular complexity index is 463. The Kier molecular flexibility index (Phi) is 6.24. The molecular weight excluding hydrogens is 336 g/mol. The third-order valence-electron chi connectivity index (χ3n) is 6.99. The molecule has 0 heterocycles. The Morgan fingerprint density at radius 1 is 1.08 bits per heavy atom. The number of ether oxygens (including phenoxy) is 1. The van der Waals surface area contributed by atoms with E-state index < -0.39 is 8.56 Å². The van der Waals surface area contributed by atoms with Crippen LogP contribution in [0.25, 0.3) is 0 Å². The van der Waals surface area contributed by atoms with E-state index in [0.29, 0.717) is 56.3 Å². The zero-order chi connectivity index (χ0) is 18.0. The number of aliphatic hydroxyl groups excluding tert-OH is 1. The van der Waals surface area contributed by atoms with Crippen molar-refractivity contribution < 1.29 is 24.2 Å². The van der Waals surface area contributed by atoms with Crippen LogP contribution in [0.1, 0.15) is 51.4 Å². The minimum atomic E-state index is -2.97. The van der Waals surface area contributed by atoms with Crippen LogP contribution in [0.3, 0.4) is 0 Å². The fourth-order valence-electron chi connectivity index (χ4n) is 5.88. The summed E-state index contributed by atoms with van der Waals surface area (Å²) in [7, 11) is -2.97. The highest BCUT2D eigenvalue weighted by atomic mass is 28.4. The molecule has 5 nitrogen and oxygen atoms in total. The Balaban J connectivity index is 1.37. The van der Waals surface area contributed by atoms with Crippen molar-refractivity contribution >= 4 is 14.5 Å². The standard InChI is InChI=1S/C19H34O5Si/c1-25(22,23)7-3-2-4-19(21)24-12-13-8-17-14-5-6-16(18(17)9-13)15(10-14)11-20/h13-18,20,22-23H,2-12H2,1H3. The summed E-state index contributed by atoms with van der Waals surface area (Å²) < 4.78 is 5.51. The molecule has 6 unspecified atom stereocenters. The van der Waals surface area contributed by atoms with E-state index in [-0.39, 0.29) is 5.97 Å². The van der Waals surface area contributed by atoms with Crippen LogP contribution >= 0.6 is 0 Å². The molecule has 4 rings (SSSR count). The average Bonchev–Trinajstić information content (AvgIpc) is 3.02. The number of fused-ring (bicyclic) bond motifs is 2. The highest BCUT2D eigenvalue weighted by Gasteiger charge is 2.52.